The Morgan fingerprint density at radius 3 is 2.32 bits per heavy atom. The average Bonchev–Trinajstić information content (AvgIpc) is 2.33. The van der Waals surface area contributed by atoms with Gasteiger partial charge in [-0.2, -0.15) is 0 Å². The van der Waals surface area contributed by atoms with Gasteiger partial charge >= 0.3 is 5.97 Å². The predicted octanol–water partition coefficient (Wildman–Crippen LogP) is 2.48. The number of carbonyl (C=O) groups excluding carboxylic acids is 1. The number of carbonyl (C=O) groups is 2. The van der Waals surface area contributed by atoms with E-state index in [1.807, 2.05) is 19.1 Å². The highest BCUT2D eigenvalue weighted by molar-refractivity contribution is 5.98. The number of benzene rings is 1. The van der Waals surface area contributed by atoms with Gasteiger partial charge in [-0.3, -0.25) is 4.79 Å². The summed E-state index contributed by atoms with van der Waals surface area (Å²) >= 11 is 0. The van der Waals surface area contributed by atoms with Gasteiger partial charge in [0.25, 0.3) is 5.91 Å². The Bertz CT molecular complexity index is 475. The molecule has 104 valence electrons. The number of aliphatic carboxylic acids is 1. The lowest BCUT2D eigenvalue weighted by molar-refractivity contribution is -0.142. The molecule has 0 aromatic heterocycles. The molecule has 0 fully saturated rings. The predicted molar refractivity (Wildman–Crippen MR) is 74.2 cm³/mol. The number of hydrogen-bond donors (Lipinski definition) is 2. The summed E-state index contributed by atoms with van der Waals surface area (Å²) in [6.45, 7) is 7.33. The van der Waals surface area contributed by atoms with Gasteiger partial charge in [0.1, 0.15) is 6.04 Å². The number of carboxylic acids is 1. The van der Waals surface area contributed by atoms with E-state index in [9.17, 15) is 14.7 Å². The van der Waals surface area contributed by atoms with Crippen LogP contribution in [-0.2, 0) is 11.2 Å². The smallest absolute Gasteiger partial charge is 0.326 e. The summed E-state index contributed by atoms with van der Waals surface area (Å²) in [7, 11) is 0. The molecule has 4 heteroatoms. The van der Waals surface area contributed by atoms with Crippen molar-refractivity contribution in [3.63, 3.8) is 0 Å². The van der Waals surface area contributed by atoms with Crippen molar-refractivity contribution in [2.45, 2.75) is 40.2 Å². The molecule has 0 saturated carbocycles. The quantitative estimate of drug-likeness (QED) is 0.877. The third kappa shape index (κ3) is 3.81. The molecule has 2 N–H and O–H groups in total. The van der Waals surface area contributed by atoms with Crippen molar-refractivity contribution < 1.29 is 14.7 Å². The standard InChI is InChI=1S/C15H21NO3/c1-5-10-8-6-7-9-11(10)13(17)16-12(14(18)19)15(2,3)4/h6-9,12H,5H2,1-4H3,(H,16,17)(H,18,19)/t12-/m0/s1. The van der Waals surface area contributed by atoms with E-state index in [2.05, 4.69) is 5.32 Å². The van der Waals surface area contributed by atoms with E-state index in [1.54, 1.807) is 32.9 Å². The molecule has 0 spiro atoms. The minimum absolute atomic E-state index is 0.334. The van der Waals surface area contributed by atoms with Crippen LogP contribution in [0.25, 0.3) is 0 Å². The summed E-state index contributed by atoms with van der Waals surface area (Å²) in [6, 6.07) is 6.33. The highest BCUT2D eigenvalue weighted by Gasteiger charge is 2.33. The topological polar surface area (TPSA) is 66.4 Å². The van der Waals surface area contributed by atoms with E-state index < -0.39 is 17.4 Å². The van der Waals surface area contributed by atoms with E-state index >= 15 is 0 Å². The van der Waals surface area contributed by atoms with Crippen LogP contribution in [0, 0.1) is 5.41 Å². The number of carboxylic acid groups (broad SMARTS) is 1. The molecule has 19 heavy (non-hydrogen) atoms. The monoisotopic (exact) mass is 263 g/mol. The second-order valence-electron chi connectivity index (χ2n) is 5.62. The Hall–Kier alpha value is -1.84. The summed E-state index contributed by atoms with van der Waals surface area (Å²) in [4.78, 5) is 23.5. The fourth-order valence-corrected chi connectivity index (χ4v) is 1.91. The molecule has 0 unspecified atom stereocenters. The lowest BCUT2D eigenvalue weighted by Crippen LogP contribution is -2.49. The highest BCUT2D eigenvalue weighted by Crippen LogP contribution is 2.20. The summed E-state index contributed by atoms with van der Waals surface area (Å²) in [5, 5.41) is 11.8. The van der Waals surface area contributed by atoms with Gasteiger partial charge < -0.3 is 10.4 Å². The van der Waals surface area contributed by atoms with E-state index in [4.69, 9.17) is 0 Å². The normalized spacial score (nSPS) is 12.8. The van der Waals surface area contributed by atoms with Crippen LogP contribution in [0.1, 0.15) is 43.6 Å². The molecular weight excluding hydrogens is 242 g/mol. The SMILES string of the molecule is CCc1ccccc1C(=O)N[C@@H](C(=O)O)C(C)(C)C. The summed E-state index contributed by atoms with van der Waals surface area (Å²) in [5.74, 6) is -1.35. The summed E-state index contributed by atoms with van der Waals surface area (Å²) in [6.07, 6.45) is 0.733. The molecule has 1 atom stereocenters. The fourth-order valence-electron chi connectivity index (χ4n) is 1.91. The lowest BCUT2D eigenvalue weighted by Gasteiger charge is -2.28. The Labute approximate surface area is 113 Å². The number of nitrogens with one attached hydrogen (secondary N) is 1. The number of aryl methyl sites for hydroxylation is 1. The summed E-state index contributed by atoms with van der Waals surface area (Å²) < 4.78 is 0. The molecule has 1 aromatic rings. The molecule has 0 aliphatic carbocycles. The highest BCUT2D eigenvalue weighted by atomic mass is 16.4. The third-order valence-corrected chi connectivity index (χ3v) is 3.03. The maximum atomic E-state index is 12.2. The Balaban J connectivity index is 2.98. The van der Waals surface area contributed by atoms with Gasteiger partial charge in [0, 0.05) is 5.56 Å². The number of rotatable bonds is 4. The Kier molecular flexibility index (Phi) is 4.70. The van der Waals surface area contributed by atoms with Crippen LogP contribution in [0.15, 0.2) is 24.3 Å². The lowest BCUT2D eigenvalue weighted by atomic mass is 9.86. The van der Waals surface area contributed by atoms with Crippen molar-refractivity contribution in [3.05, 3.63) is 35.4 Å². The molecule has 0 saturated heterocycles. The van der Waals surface area contributed by atoms with Crippen molar-refractivity contribution in [2.75, 3.05) is 0 Å². The molecule has 0 aliphatic heterocycles. The van der Waals surface area contributed by atoms with E-state index in [-0.39, 0.29) is 5.91 Å². The van der Waals surface area contributed by atoms with Crippen LogP contribution >= 0.6 is 0 Å². The van der Waals surface area contributed by atoms with Crippen molar-refractivity contribution in [1.29, 1.82) is 0 Å². The fraction of sp³-hybridized carbons (Fsp3) is 0.467. The Morgan fingerprint density at radius 2 is 1.84 bits per heavy atom. The van der Waals surface area contributed by atoms with Crippen LogP contribution in [0.3, 0.4) is 0 Å². The van der Waals surface area contributed by atoms with Gasteiger partial charge in [-0.1, -0.05) is 45.9 Å². The van der Waals surface area contributed by atoms with Crippen LogP contribution in [-0.4, -0.2) is 23.0 Å². The maximum Gasteiger partial charge on any atom is 0.326 e. The zero-order valence-electron chi connectivity index (χ0n) is 11.9. The second-order valence-corrected chi connectivity index (χ2v) is 5.62. The minimum atomic E-state index is -1.02. The van der Waals surface area contributed by atoms with Gasteiger partial charge in [0.15, 0.2) is 0 Å². The average molecular weight is 263 g/mol. The summed E-state index contributed by atoms with van der Waals surface area (Å²) in [5.41, 5.74) is 0.918. The molecule has 1 rings (SSSR count). The molecule has 0 aliphatic rings. The first-order valence-electron chi connectivity index (χ1n) is 6.39. The van der Waals surface area contributed by atoms with Crippen LogP contribution in [0.5, 0.6) is 0 Å². The molecule has 0 radical (unpaired) electrons. The second kappa shape index (κ2) is 5.87. The zero-order valence-corrected chi connectivity index (χ0v) is 11.9. The van der Waals surface area contributed by atoms with Crippen LogP contribution in [0.4, 0.5) is 0 Å². The zero-order chi connectivity index (χ0) is 14.6. The maximum absolute atomic E-state index is 12.2. The van der Waals surface area contributed by atoms with Crippen molar-refractivity contribution in [1.82, 2.24) is 5.32 Å². The van der Waals surface area contributed by atoms with Gasteiger partial charge in [0.2, 0.25) is 0 Å². The van der Waals surface area contributed by atoms with E-state index in [1.165, 1.54) is 0 Å². The van der Waals surface area contributed by atoms with Crippen molar-refractivity contribution >= 4 is 11.9 Å². The van der Waals surface area contributed by atoms with Gasteiger partial charge in [-0.05, 0) is 23.5 Å². The van der Waals surface area contributed by atoms with Crippen LogP contribution < -0.4 is 5.32 Å². The largest absolute Gasteiger partial charge is 0.480 e. The molecule has 1 aromatic carbocycles. The van der Waals surface area contributed by atoms with E-state index in [0.29, 0.717) is 5.56 Å². The molecule has 4 nitrogen and oxygen atoms in total. The first kappa shape index (κ1) is 15.2. The molecular formula is C15H21NO3. The number of amides is 1. The van der Waals surface area contributed by atoms with Crippen molar-refractivity contribution in [3.8, 4) is 0 Å². The van der Waals surface area contributed by atoms with Crippen LogP contribution in [0.2, 0.25) is 0 Å². The Morgan fingerprint density at radius 1 is 1.26 bits per heavy atom. The first-order valence-corrected chi connectivity index (χ1v) is 6.39. The van der Waals surface area contributed by atoms with Gasteiger partial charge in [-0.15, -0.1) is 0 Å². The third-order valence-electron chi connectivity index (χ3n) is 3.03. The van der Waals surface area contributed by atoms with Crippen molar-refractivity contribution in [2.24, 2.45) is 5.41 Å². The molecule has 1 amide bonds. The van der Waals surface area contributed by atoms with Gasteiger partial charge in [0.05, 0.1) is 0 Å². The molecule has 0 bridgehead atoms. The number of hydrogen-bond acceptors (Lipinski definition) is 2. The first-order chi connectivity index (χ1) is 8.77. The minimum Gasteiger partial charge on any atom is -0.480 e. The van der Waals surface area contributed by atoms with E-state index in [0.717, 1.165) is 12.0 Å². The van der Waals surface area contributed by atoms with Gasteiger partial charge in [-0.25, -0.2) is 4.79 Å². The molecule has 0 heterocycles.